The smallest absolute Gasteiger partial charge is 0.148 e. The number of nitrogens with two attached hydrogens (primary N) is 1. The van der Waals surface area contributed by atoms with Crippen molar-refractivity contribution in [1.82, 2.24) is 0 Å². The van der Waals surface area contributed by atoms with Crippen molar-refractivity contribution in [3.63, 3.8) is 0 Å². The maximum absolute atomic E-state index is 12.6. The van der Waals surface area contributed by atoms with Gasteiger partial charge in [0.1, 0.15) is 5.82 Å². The molecule has 10 heavy (non-hydrogen) atoms. The highest BCUT2D eigenvalue weighted by Crippen LogP contribution is 2.24. The van der Waals surface area contributed by atoms with Crippen molar-refractivity contribution in [3.8, 4) is 0 Å². The lowest BCUT2D eigenvalue weighted by Gasteiger charge is -1.99. The lowest BCUT2D eigenvalue weighted by atomic mass is 10.3. The summed E-state index contributed by atoms with van der Waals surface area (Å²) >= 11 is 9.37. The van der Waals surface area contributed by atoms with Gasteiger partial charge in [-0.3, -0.25) is 0 Å². The number of thiol groups is 1. The van der Waals surface area contributed by atoms with Crippen LogP contribution in [0.4, 0.5) is 10.1 Å². The minimum absolute atomic E-state index is 0.0349. The monoisotopic (exact) mass is 177 g/mol. The molecule has 0 fully saturated rings. The van der Waals surface area contributed by atoms with Gasteiger partial charge < -0.3 is 5.73 Å². The highest BCUT2D eigenvalue weighted by atomic mass is 35.5. The molecule has 0 bridgehead atoms. The Morgan fingerprint density at radius 2 is 2.10 bits per heavy atom. The quantitative estimate of drug-likeness (QED) is 0.462. The number of rotatable bonds is 0. The predicted octanol–water partition coefficient (Wildman–Crippen LogP) is 2.35. The summed E-state index contributed by atoms with van der Waals surface area (Å²) in [6.45, 7) is 0. The Morgan fingerprint density at radius 3 is 2.60 bits per heavy atom. The van der Waals surface area contributed by atoms with Crippen molar-refractivity contribution in [2.45, 2.75) is 4.90 Å². The first-order valence-electron chi connectivity index (χ1n) is 2.54. The lowest BCUT2D eigenvalue weighted by Crippen LogP contribution is -1.91. The van der Waals surface area contributed by atoms with E-state index in [1.165, 1.54) is 6.07 Å². The van der Waals surface area contributed by atoms with Gasteiger partial charge in [-0.15, -0.1) is 12.6 Å². The zero-order valence-electron chi connectivity index (χ0n) is 4.94. The van der Waals surface area contributed by atoms with Crippen LogP contribution in [0.25, 0.3) is 0 Å². The number of halogens is 2. The maximum atomic E-state index is 12.6. The second-order valence-electron chi connectivity index (χ2n) is 1.82. The molecule has 0 aliphatic carbocycles. The second-order valence-corrected chi connectivity index (χ2v) is 2.74. The van der Waals surface area contributed by atoms with E-state index in [1.54, 1.807) is 0 Å². The highest BCUT2D eigenvalue weighted by Gasteiger charge is 2.02. The van der Waals surface area contributed by atoms with Crippen molar-refractivity contribution in [3.05, 3.63) is 23.0 Å². The fourth-order valence-corrected chi connectivity index (χ4v) is 1.10. The Morgan fingerprint density at radius 1 is 1.50 bits per heavy atom. The average Bonchev–Trinajstić information content (AvgIpc) is 1.82. The molecule has 0 spiro atoms. The Bertz CT molecular complexity index is 241. The van der Waals surface area contributed by atoms with Gasteiger partial charge in [0.25, 0.3) is 0 Å². The van der Waals surface area contributed by atoms with Gasteiger partial charge in [-0.25, -0.2) is 4.39 Å². The molecule has 2 N–H and O–H groups in total. The van der Waals surface area contributed by atoms with E-state index in [0.717, 1.165) is 6.07 Å². The van der Waals surface area contributed by atoms with Crippen LogP contribution in [-0.2, 0) is 0 Å². The van der Waals surface area contributed by atoms with Crippen molar-refractivity contribution in [1.29, 1.82) is 0 Å². The maximum Gasteiger partial charge on any atom is 0.148 e. The SMILES string of the molecule is Nc1c(F)cc(Cl)cc1S. The summed E-state index contributed by atoms with van der Waals surface area (Å²) in [5, 5.41) is 0.303. The molecule has 0 saturated carbocycles. The van der Waals surface area contributed by atoms with E-state index in [-0.39, 0.29) is 5.69 Å². The van der Waals surface area contributed by atoms with Crippen molar-refractivity contribution < 1.29 is 4.39 Å². The molecule has 0 unspecified atom stereocenters. The van der Waals surface area contributed by atoms with E-state index in [1.807, 2.05) is 0 Å². The summed E-state index contributed by atoms with van der Waals surface area (Å²) in [4.78, 5) is 0.366. The summed E-state index contributed by atoms with van der Waals surface area (Å²) in [6, 6.07) is 2.64. The van der Waals surface area contributed by atoms with E-state index < -0.39 is 5.82 Å². The first-order valence-corrected chi connectivity index (χ1v) is 3.37. The van der Waals surface area contributed by atoms with Crippen LogP contribution in [0.15, 0.2) is 17.0 Å². The minimum atomic E-state index is -0.530. The molecule has 0 aliphatic rings. The number of anilines is 1. The topological polar surface area (TPSA) is 26.0 Å². The van der Waals surface area contributed by atoms with Crippen LogP contribution in [0, 0.1) is 5.82 Å². The van der Waals surface area contributed by atoms with Gasteiger partial charge in [-0.05, 0) is 12.1 Å². The van der Waals surface area contributed by atoms with Crippen LogP contribution in [0.3, 0.4) is 0 Å². The van der Waals surface area contributed by atoms with Crippen LogP contribution >= 0.6 is 24.2 Å². The summed E-state index contributed by atoms with van der Waals surface area (Å²) in [5.74, 6) is -0.530. The summed E-state index contributed by atoms with van der Waals surface area (Å²) in [7, 11) is 0. The molecule has 0 heterocycles. The molecule has 0 aromatic heterocycles. The number of nitrogen functional groups attached to an aromatic ring is 1. The Balaban J connectivity index is 3.31. The van der Waals surface area contributed by atoms with E-state index in [2.05, 4.69) is 12.6 Å². The molecule has 0 aliphatic heterocycles. The Labute approximate surface area is 68.4 Å². The van der Waals surface area contributed by atoms with Crippen LogP contribution in [0.5, 0.6) is 0 Å². The first kappa shape index (κ1) is 7.69. The lowest BCUT2D eigenvalue weighted by molar-refractivity contribution is 0.630. The third-order valence-corrected chi connectivity index (χ3v) is 1.66. The average molecular weight is 178 g/mol. The summed E-state index contributed by atoms with van der Waals surface area (Å²) < 4.78 is 12.6. The van der Waals surface area contributed by atoms with Crippen LogP contribution in [0.1, 0.15) is 0 Å². The molecule has 0 amide bonds. The molecular weight excluding hydrogens is 173 g/mol. The fourth-order valence-electron chi connectivity index (χ4n) is 0.571. The Hall–Kier alpha value is -0.410. The first-order chi connectivity index (χ1) is 4.61. The molecule has 1 rings (SSSR count). The van der Waals surface area contributed by atoms with E-state index in [9.17, 15) is 4.39 Å². The molecule has 54 valence electrons. The van der Waals surface area contributed by atoms with Crippen LogP contribution < -0.4 is 5.73 Å². The van der Waals surface area contributed by atoms with Crippen LogP contribution in [-0.4, -0.2) is 0 Å². The van der Waals surface area contributed by atoms with Gasteiger partial charge in [-0.1, -0.05) is 11.6 Å². The van der Waals surface area contributed by atoms with Crippen LogP contribution in [0.2, 0.25) is 5.02 Å². The normalized spacial score (nSPS) is 9.90. The zero-order chi connectivity index (χ0) is 7.72. The summed E-state index contributed by atoms with van der Waals surface area (Å²) in [6.07, 6.45) is 0. The molecule has 0 atom stereocenters. The standard InChI is InChI=1S/C6H5ClFNS/c7-3-1-4(8)6(9)5(10)2-3/h1-2,10H,9H2. The van der Waals surface area contributed by atoms with Crippen molar-refractivity contribution >= 4 is 29.9 Å². The Kier molecular flexibility index (Phi) is 2.06. The molecule has 0 radical (unpaired) electrons. The summed E-state index contributed by atoms with van der Waals surface area (Å²) in [5.41, 5.74) is 5.28. The fraction of sp³-hybridized carbons (Fsp3) is 0. The molecular formula is C6H5ClFNS. The molecule has 1 aromatic carbocycles. The molecule has 1 aromatic rings. The van der Waals surface area contributed by atoms with Gasteiger partial charge in [0.05, 0.1) is 5.69 Å². The second kappa shape index (κ2) is 2.68. The number of hydrogen-bond donors (Lipinski definition) is 2. The van der Waals surface area contributed by atoms with Gasteiger partial charge in [0.2, 0.25) is 0 Å². The van der Waals surface area contributed by atoms with Gasteiger partial charge in [0, 0.05) is 9.92 Å². The van der Waals surface area contributed by atoms with E-state index in [0.29, 0.717) is 9.92 Å². The van der Waals surface area contributed by atoms with Gasteiger partial charge >= 0.3 is 0 Å². The predicted molar refractivity (Wildman–Crippen MR) is 43.1 cm³/mol. The van der Waals surface area contributed by atoms with E-state index in [4.69, 9.17) is 17.3 Å². The van der Waals surface area contributed by atoms with Crippen molar-refractivity contribution in [2.75, 3.05) is 5.73 Å². The molecule has 1 nitrogen and oxygen atoms in total. The van der Waals surface area contributed by atoms with Crippen molar-refractivity contribution in [2.24, 2.45) is 0 Å². The molecule has 0 saturated heterocycles. The van der Waals surface area contributed by atoms with Gasteiger partial charge in [0.15, 0.2) is 0 Å². The zero-order valence-corrected chi connectivity index (χ0v) is 6.59. The third-order valence-electron chi connectivity index (χ3n) is 1.07. The highest BCUT2D eigenvalue weighted by molar-refractivity contribution is 7.80. The number of benzene rings is 1. The van der Waals surface area contributed by atoms with E-state index >= 15 is 0 Å². The third kappa shape index (κ3) is 1.36. The molecule has 4 heteroatoms. The minimum Gasteiger partial charge on any atom is -0.395 e. The van der Waals surface area contributed by atoms with Gasteiger partial charge in [-0.2, -0.15) is 0 Å². The largest absolute Gasteiger partial charge is 0.395 e. The number of hydrogen-bond acceptors (Lipinski definition) is 2.